The van der Waals surface area contributed by atoms with Crippen LogP contribution in [0, 0.1) is 4.77 Å². The van der Waals surface area contributed by atoms with E-state index in [1.807, 2.05) is 30.3 Å². The Morgan fingerprint density at radius 1 is 1.24 bits per heavy atom. The summed E-state index contributed by atoms with van der Waals surface area (Å²) in [4.78, 5) is 17.8. The van der Waals surface area contributed by atoms with Gasteiger partial charge in [-0.1, -0.05) is 6.92 Å². The first-order valence-corrected chi connectivity index (χ1v) is 9.37. The van der Waals surface area contributed by atoms with Crippen molar-refractivity contribution in [2.24, 2.45) is 0 Å². The summed E-state index contributed by atoms with van der Waals surface area (Å²) in [6.07, 6.45) is 1.61. The number of hydrogen-bond acceptors (Lipinski definition) is 5. The highest BCUT2D eigenvalue weighted by molar-refractivity contribution is 7.71. The van der Waals surface area contributed by atoms with Crippen molar-refractivity contribution in [3.63, 3.8) is 0 Å². The van der Waals surface area contributed by atoms with Crippen LogP contribution in [0.5, 0.6) is 11.5 Å². The van der Waals surface area contributed by atoms with Crippen LogP contribution in [0.15, 0.2) is 35.1 Å². The molecule has 3 rings (SSSR count). The lowest BCUT2D eigenvalue weighted by Gasteiger charge is -2.09. The zero-order chi connectivity index (χ0) is 17.8. The van der Waals surface area contributed by atoms with Crippen molar-refractivity contribution in [1.82, 2.24) is 9.55 Å². The molecule has 25 heavy (non-hydrogen) atoms. The van der Waals surface area contributed by atoms with Gasteiger partial charge < -0.3 is 14.5 Å². The number of thiophene rings is 1. The molecule has 0 atom stereocenters. The summed E-state index contributed by atoms with van der Waals surface area (Å²) in [5.74, 6) is 1.57. The zero-order valence-corrected chi connectivity index (χ0v) is 15.8. The van der Waals surface area contributed by atoms with E-state index in [0.29, 0.717) is 29.7 Å². The molecule has 0 fully saturated rings. The second-order valence-corrected chi connectivity index (χ2v) is 7.10. The number of H-pyrrole nitrogens is 1. The fourth-order valence-electron chi connectivity index (χ4n) is 2.56. The van der Waals surface area contributed by atoms with Crippen LogP contribution in [-0.4, -0.2) is 23.3 Å². The molecule has 1 aromatic carbocycles. The molecule has 2 aromatic heterocycles. The number of benzene rings is 1. The van der Waals surface area contributed by atoms with Crippen LogP contribution >= 0.6 is 23.6 Å². The minimum Gasteiger partial charge on any atom is -0.497 e. The summed E-state index contributed by atoms with van der Waals surface area (Å²) in [5, 5.41) is 0.714. The van der Waals surface area contributed by atoms with Gasteiger partial charge in [0.15, 0.2) is 4.77 Å². The van der Waals surface area contributed by atoms with Crippen molar-refractivity contribution in [2.45, 2.75) is 26.3 Å². The minimum atomic E-state index is -0.0286. The Morgan fingerprint density at radius 2 is 1.96 bits per heavy atom. The first-order chi connectivity index (χ1) is 12.1. The molecule has 0 saturated heterocycles. The van der Waals surface area contributed by atoms with Crippen molar-refractivity contribution >= 4 is 33.8 Å². The highest BCUT2D eigenvalue weighted by Crippen LogP contribution is 2.21. The monoisotopic (exact) mass is 376 g/mol. The van der Waals surface area contributed by atoms with Crippen LogP contribution < -0.4 is 15.0 Å². The highest BCUT2D eigenvalue weighted by atomic mass is 32.1. The standard InChI is InChI=1S/C18H20N2O3S2/c1-3-14-11-15-16(25-14)19-18(24)20(17(15)21)9-4-10-23-13-7-5-12(22-2)6-8-13/h5-8,11H,3-4,9-10H2,1-2H3,(H,19,24). The van der Waals surface area contributed by atoms with Crippen molar-refractivity contribution in [3.05, 3.63) is 50.3 Å². The van der Waals surface area contributed by atoms with Gasteiger partial charge in [-0.25, -0.2) is 0 Å². The normalized spacial score (nSPS) is 11.0. The summed E-state index contributed by atoms with van der Waals surface area (Å²) in [6, 6.07) is 9.39. The third-order valence-corrected chi connectivity index (χ3v) is 5.44. The fourth-order valence-corrected chi connectivity index (χ4v) is 3.89. The molecule has 0 saturated carbocycles. The molecule has 0 bridgehead atoms. The van der Waals surface area contributed by atoms with Crippen LogP contribution in [0.3, 0.4) is 0 Å². The van der Waals surface area contributed by atoms with E-state index in [4.69, 9.17) is 21.7 Å². The van der Waals surface area contributed by atoms with Gasteiger partial charge in [0.05, 0.1) is 19.1 Å². The number of fused-ring (bicyclic) bond motifs is 1. The van der Waals surface area contributed by atoms with Gasteiger partial charge in [0.1, 0.15) is 16.3 Å². The Labute approximate surface area is 154 Å². The molecule has 5 nitrogen and oxygen atoms in total. The Kier molecular flexibility index (Phi) is 5.55. The minimum absolute atomic E-state index is 0.0286. The highest BCUT2D eigenvalue weighted by Gasteiger charge is 2.09. The predicted molar refractivity (Wildman–Crippen MR) is 104 cm³/mol. The third kappa shape index (κ3) is 3.93. The second-order valence-electron chi connectivity index (χ2n) is 5.57. The lowest BCUT2D eigenvalue weighted by Crippen LogP contribution is -2.22. The molecular weight excluding hydrogens is 356 g/mol. The predicted octanol–water partition coefficient (Wildman–Crippen LogP) is 4.16. The molecule has 3 aromatic rings. The van der Waals surface area contributed by atoms with Crippen LogP contribution in [0.2, 0.25) is 0 Å². The maximum Gasteiger partial charge on any atom is 0.263 e. The second kappa shape index (κ2) is 7.84. The van der Waals surface area contributed by atoms with Gasteiger partial charge in [-0.05, 0) is 55.4 Å². The lowest BCUT2D eigenvalue weighted by atomic mass is 10.3. The van der Waals surface area contributed by atoms with Gasteiger partial charge in [0.25, 0.3) is 5.56 Å². The number of aromatic amines is 1. The number of aromatic nitrogens is 2. The smallest absolute Gasteiger partial charge is 0.263 e. The van der Waals surface area contributed by atoms with Crippen molar-refractivity contribution in [1.29, 1.82) is 0 Å². The molecule has 0 spiro atoms. The Morgan fingerprint density at radius 3 is 2.64 bits per heavy atom. The van der Waals surface area contributed by atoms with E-state index in [0.717, 1.165) is 22.8 Å². The molecule has 2 heterocycles. The van der Waals surface area contributed by atoms with Crippen LogP contribution in [0.4, 0.5) is 0 Å². The SMILES string of the molecule is CCc1cc2c(=O)n(CCCOc3ccc(OC)cc3)c(=S)[nH]c2s1. The van der Waals surface area contributed by atoms with E-state index in [9.17, 15) is 4.79 Å². The van der Waals surface area contributed by atoms with E-state index in [-0.39, 0.29) is 5.56 Å². The maximum absolute atomic E-state index is 12.6. The van der Waals surface area contributed by atoms with E-state index < -0.39 is 0 Å². The lowest BCUT2D eigenvalue weighted by molar-refractivity contribution is 0.300. The van der Waals surface area contributed by atoms with E-state index in [1.54, 1.807) is 23.0 Å². The molecule has 0 aliphatic rings. The molecule has 0 unspecified atom stereocenters. The molecule has 0 aliphatic carbocycles. The largest absolute Gasteiger partial charge is 0.497 e. The van der Waals surface area contributed by atoms with Gasteiger partial charge in [-0.3, -0.25) is 9.36 Å². The molecular formula is C18H20N2O3S2. The maximum atomic E-state index is 12.6. The number of ether oxygens (including phenoxy) is 2. The van der Waals surface area contributed by atoms with Gasteiger partial charge in [0.2, 0.25) is 0 Å². The Bertz CT molecular complexity index is 971. The molecule has 1 N–H and O–H groups in total. The van der Waals surface area contributed by atoms with Crippen molar-refractivity contribution < 1.29 is 9.47 Å². The number of aryl methyl sites for hydroxylation is 1. The number of methoxy groups -OCH3 is 1. The average molecular weight is 377 g/mol. The van der Waals surface area contributed by atoms with Crippen LogP contribution in [-0.2, 0) is 13.0 Å². The van der Waals surface area contributed by atoms with Crippen LogP contribution in [0.1, 0.15) is 18.2 Å². The average Bonchev–Trinajstić information content (AvgIpc) is 3.04. The van der Waals surface area contributed by atoms with Gasteiger partial charge >= 0.3 is 0 Å². The number of rotatable bonds is 7. The van der Waals surface area contributed by atoms with Gasteiger partial charge in [-0.2, -0.15) is 0 Å². The number of nitrogens with zero attached hydrogens (tertiary/aromatic N) is 1. The zero-order valence-electron chi connectivity index (χ0n) is 14.2. The molecule has 0 aliphatic heterocycles. The first kappa shape index (κ1) is 17.7. The van der Waals surface area contributed by atoms with E-state index in [2.05, 4.69) is 11.9 Å². The summed E-state index contributed by atoms with van der Waals surface area (Å²) in [7, 11) is 1.63. The Balaban J connectivity index is 1.66. The molecule has 0 amide bonds. The van der Waals surface area contributed by atoms with Crippen molar-refractivity contribution in [3.8, 4) is 11.5 Å². The van der Waals surface area contributed by atoms with Gasteiger partial charge in [0, 0.05) is 11.4 Å². The summed E-state index contributed by atoms with van der Waals surface area (Å²) in [5.41, 5.74) is -0.0286. The van der Waals surface area contributed by atoms with Crippen LogP contribution in [0.25, 0.3) is 10.2 Å². The number of hydrogen-bond donors (Lipinski definition) is 1. The molecule has 7 heteroatoms. The van der Waals surface area contributed by atoms with E-state index >= 15 is 0 Å². The quantitative estimate of drug-likeness (QED) is 0.497. The molecule has 0 radical (unpaired) electrons. The fraction of sp³-hybridized carbons (Fsp3) is 0.333. The van der Waals surface area contributed by atoms with Gasteiger partial charge in [-0.15, -0.1) is 11.3 Å². The number of nitrogens with one attached hydrogen (secondary N) is 1. The molecule has 132 valence electrons. The summed E-state index contributed by atoms with van der Waals surface area (Å²) < 4.78 is 12.9. The third-order valence-electron chi connectivity index (χ3n) is 3.93. The Hall–Kier alpha value is -2.12. The first-order valence-electron chi connectivity index (χ1n) is 8.14. The summed E-state index contributed by atoms with van der Waals surface area (Å²) in [6.45, 7) is 3.11. The summed E-state index contributed by atoms with van der Waals surface area (Å²) >= 11 is 6.93. The topological polar surface area (TPSA) is 56.2 Å². The van der Waals surface area contributed by atoms with Crippen molar-refractivity contribution in [2.75, 3.05) is 13.7 Å². The van der Waals surface area contributed by atoms with E-state index in [1.165, 1.54) is 4.88 Å².